The summed E-state index contributed by atoms with van der Waals surface area (Å²) in [6, 6.07) is 10.1. The van der Waals surface area contributed by atoms with Crippen LogP contribution in [-0.4, -0.2) is 36.1 Å². The van der Waals surface area contributed by atoms with E-state index in [1.165, 1.54) is 51.7 Å². The van der Waals surface area contributed by atoms with Gasteiger partial charge in [-0.05, 0) is 57.5 Å². The minimum absolute atomic E-state index is 0.550. The van der Waals surface area contributed by atoms with Crippen molar-refractivity contribution in [1.29, 1.82) is 0 Å². The number of nitrogens with zero attached hydrogens (tertiary/aromatic N) is 2. The van der Waals surface area contributed by atoms with Gasteiger partial charge in [-0.3, -0.25) is 0 Å². The predicted molar refractivity (Wildman–Crippen MR) is 94.8 cm³/mol. The van der Waals surface area contributed by atoms with Crippen molar-refractivity contribution in [3.63, 3.8) is 0 Å². The SMILES string of the molecule is Clc1cc(NCCCCN2CCCCC2)c2ccccc2n1. The van der Waals surface area contributed by atoms with Crippen molar-refractivity contribution in [3.05, 3.63) is 35.5 Å². The van der Waals surface area contributed by atoms with Gasteiger partial charge in [0.2, 0.25) is 0 Å². The highest BCUT2D eigenvalue weighted by Gasteiger charge is 2.09. The number of unbranched alkanes of at least 4 members (excludes halogenated alkanes) is 1. The molecule has 1 N–H and O–H groups in total. The number of rotatable bonds is 6. The number of halogens is 1. The zero-order valence-electron chi connectivity index (χ0n) is 13.0. The van der Waals surface area contributed by atoms with E-state index in [9.17, 15) is 0 Å². The van der Waals surface area contributed by atoms with E-state index in [2.05, 4.69) is 21.3 Å². The molecule has 0 saturated carbocycles. The first kappa shape index (κ1) is 15.6. The Balaban J connectivity index is 1.49. The summed E-state index contributed by atoms with van der Waals surface area (Å²) >= 11 is 6.11. The summed E-state index contributed by atoms with van der Waals surface area (Å²) < 4.78 is 0. The molecule has 1 saturated heterocycles. The van der Waals surface area contributed by atoms with E-state index in [0.29, 0.717) is 5.15 Å². The van der Waals surface area contributed by atoms with Crippen molar-refractivity contribution < 1.29 is 0 Å². The highest BCUT2D eigenvalue weighted by atomic mass is 35.5. The second-order valence-corrected chi connectivity index (χ2v) is 6.43. The molecule has 0 amide bonds. The van der Waals surface area contributed by atoms with Crippen molar-refractivity contribution >= 4 is 28.2 Å². The van der Waals surface area contributed by atoms with E-state index in [1.54, 1.807) is 0 Å². The van der Waals surface area contributed by atoms with E-state index < -0.39 is 0 Å². The normalized spacial score (nSPS) is 16.0. The van der Waals surface area contributed by atoms with Gasteiger partial charge in [0.25, 0.3) is 0 Å². The van der Waals surface area contributed by atoms with Crippen LogP contribution in [0.25, 0.3) is 10.9 Å². The van der Waals surface area contributed by atoms with E-state index in [0.717, 1.165) is 23.1 Å². The van der Waals surface area contributed by atoms with Crippen LogP contribution in [0, 0.1) is 0 Å². The molecule has 0 bridgehead atoms. The zero-order valence-corrected chi connectivity index (χ0v) is 13.8. The molecule has 4 heteroatoms. The summed E-state index contributed by atoms with van der Waals surface area (Å²) in [5, 5.41) is 5.22. The number of nitrogens with one attached hydrogen (secondary N) is 1. The van der Waals surface area contributed by atoms with Crippen LogP contribution in [0.15, 0.2) is 30.3 Å². The number of hydrogen-bond donors (Lipinski definition) is 1. The molecular weight excluding hydrogens is 294 g/mol. The Kier molecular flexibility index (Phi) is 5.52. The van der Waals surface area contributed by atoms with E-state index in [-0.39, 0.29) is 0 Å². The monoisotopic (exact) mass is 317 g/mol. The molecule has 1 aromatic carbocycles. The van der Waals surface area contributed by atoms with Crippen LogP contribution in [0.3, 0.4) is 0 Å². The minimum atomic E-state index is 0.550. The Morgan fingerprint density at radius 2 is 1.91 bits per heavy atom. The van der Waals surface area contributed by atoms with Gasteiger partial charge in [0.05, 0.1) is 5.52 Å². The van der Waals surface area contributed by atoms with Gasteiger partial charge in [0.15, 0.2) is 0 Å². The highest BCUT2D eigenvalue weighted by molar-refractivity contribution is 6.30. The number of benzene rings is 1. The summed E-state index contributed by atoms with van der Waals surface area (Å²) in [5.74, 6) is 0. The van der Waals surface area contributed by atoms with E-state index in [4.69, 9.17) is 11.6 Å². The van der Waals surface area contributed by atoms with Crippen LogP contribution in [-0.2, 0) is 0 Å². The molecule has 3 rings (SSSR count). The second kappa shape index (κ2) is 7.80. The lowest BCUT2D eigenvalue weighted by molar-refractivity contribution is 0.225. The van der Waals surface area contributed by atoms with Gasteiger partial charge in [-0.25, -0.2) is 4.98 Å². The smallest absolute Gasteiger partial charge is 0.131 e. The molecule has 0 aliphatic carbocycles. The number of likely N-dealkylation sites (tertiary alicyclic amines) is 1. The molecule has 118 valence electrons. The largest absolute Gasteiger partial charge is 0.384 e. The van der Waals surface area contributed by atoms with Crippen molar-refractivity contribution in [2.45, 2.75) is 32.1 Å². The van der Waals surface area contributed by atoms with Crippen LogP contribution in [0.2, 0.25) is 5.15 Å². The van der Waals surface area contributed by atoms with Crippen LogP contribution >= 0.6 is 11.6 Å². The first-order valence-electron chi connectivity index (χ1n) is 8.34. The number of para-hydroxylation sites is 1. The van der Waals surface area contributed by atoms with Crippen LogP contribution < -0.4 is 5.32 Å². The summed E-state index contributed by atoms with van der Waals surface area (Å²) in [7, 11) is 0. The molecule has 1 fully saturated rings. The Hall–Kier alpha value is -1.32. The fourth-order valence-corrected chi connectivity index (χ4v) is 3.36. The van der Waals surface area contributed by atoms with Crippen molar-refractivity contribution in [2.24, 2.45) is 0 Å². The van der Waals surface area contributed by atoms with Crippen LogP contribution in [0.1, 0.15) is 32.1 Å². The number of piperidine rings is 1. The number of anilines is 1. The molecule has 0 radical (unpaired) electrons. The maximum absolute atomic E-state index is 6.11. The Labute approximate surface area is 137 Å². The first-order valence-corrected chi connectivity index (χ1v) is 8.72. The molecule has 1 aliphatic heterocycles. The molecule has 22 heavy (non-hydrogen) atoms. The number of hydrogen-bond acceptors (Lipinski definition) is 3. The maximum atomic E-state index is 6.11. The van der Waals surface area contributed by atoms with Crippen molar-refractivity contribution in [1.82, 2.24) is 9.88 Å². The molecule has 2 heterocycles. The second-order valence-electron chi connectivity index (χ2n) is 6.05. The molecule has 2 aromatic rings. The van der Waals surface area contributed by atoms with Gasteiger partial charge in [-0.15, -0.1) is 0 Å². The third kappa shape index (κ3) is 4.11. The Bertz CT molecular complexity index is 608. The predicted octanol–water partition coefficient (Wildman–Crippen LogP) is 4.57. The zero-order chi connectivity index (χ0) is 15.2. The molecule has 1 aliphatic rings. The van der Waals surface area contributed by atoms with Gasteiger partial charge >= 0.3 is 0 Å². The van der Waals surface area contributed by atoms with Gasteiger partial charge in [-0.1, -0.05) is 36.2 Å². The Morgan fingerprint density at radius 3 is 2.77 bits per heavy atom. The molecule has 0 spiro atoms. The number of fused-ring (bicyclic) bond motifs is 1. The molecule has 0 atom stereocenters. The van der Waals surface area contributed by atoms with E-state index in [1.807, 2.05) is 24.3 Å². The third-order valence-electron chi connectivity index (χ3n) is 4.35. The first-order chi connectivity index (χ1) is 10.8. The minimum Gasteiger partial charge on any atom is -0.384 e. The number of aromatic nitrogens is 1. The third-order valence-corrected chi connectivity index (χ3v) is 4.54. The van der Waals surface area contributed by atoms with Gasteiger partial charge in [0, 0.05) is 17.6 Å². The number of pyridine rings is 1. The quantitative estimate of drug-likeness (QED) is 0.625. The summed E-state index contributed by atoms with van der Waals surface area (Å²) in [6.07, 6.45) is 6.60. The highest BCUT2D eigenvalue weighted by Crippen LogP contribution is 2.25. The van der Waals surface area contributed by atoms with Gasteiger partial charge in [-0.2, -0.15) is 0 Å². The lowest BCUT2D eigenvalue weighted by Crippen LogP contribution is -2.30. The van der Waals surface area contributed by atoms with Gasteiger partial charge < -0.3 is 10.2 Å². The molecular formula is C18H24ClN3. The van der Waals surface area contributed by atoms with Gasteiger partial charge in [0.1, 0.15) is 5.15 Å². The summed E-state index contributed by atoms with van der Waals surface area (Å²) in [6.45, 7) is 4.80. The fourth-order valence-electron chi connectivity index (χ4n) is 3.16. The maximum Gasteiger partial charge on any atom is 0.131 e. The lowest BCUT2D eigenvalue weighted by atomic mass is 10.1. The van der Waals surface area contributed by atoms with Crippen molar-refractivity contribution in [2.75, 3.05) is 31.5 Å². The fraction of sp³-hybridized carbons (Fsp3) is 0.500. The average Bonchev–Trinajstić information content (AvgIpc) is 2.55. The Morgan fingerprint density at radius 1 is 1.09 bits per heavy atom. The molecule has 3 nitrogen and oxygen atoms in total. The standard InChI is InChI=1S/C18H24ClN3/c19-18-14-17(15-8-2-3-9-16(15)21-18)20-10-4-7-13-22-11-5-1-6-12-22/h2-3,8-9,14H,1,4-7,10-13H2,(H,20,21). The van der Waals surface area contributed by atoms with Crippen molar-refractivity contribution in [3.8, 4) is 0 Å². The molecule has 1 aromatic heterocycles. The van der Waals surface area contributed by atoms with E-state index >= 15 is 0 Å². The summed E-state index contributed by atoms with van der Waals surface area (Å²) in [5.41, 5.74) is 2.04. The topological polar surface area (TPSA) is 28.2 Å². The van der Waals surface area contributed by atoms with Crippen LogP contribution in [0.4, 0.5) is 5.69 Å². The van der Waals surface area contributed by atoms with Crippen LogP contribution in [0.5, 0.6) is 0 Å². The molecule has 0 unspecified atom stereocenters. The summed E-state index contributed by atoms with van der Waals surface area (Å²) in [4.78, 5) is 6.96. The average molecular weight is 318 g/mol. The lowest BCUT2D eigenvalue weighted by Gasteiger charge is -2.26.